The van der Waals surface area contributed by atoms with Crippen molar-refractivity contribution in [2.45, 2.75) is 117 Å². The molecule has 0 aromatic carbocycles. The number of nitrogens with zero attached hydrogens (tertiary/aromatic N) is 1. The summed E-state index contributed by atoms with van der Waals surface area (Å²) in [4.78, 5) is 41.4. The van der Waals surface area contributed by atoms with Crippen LogP contribution in [-0.2, 0) is 19.2 Å². The molecule has 0 aromatic heterocycles. The summed E-state index contributed by atoms with van der Waals surface area (Å²) in [6.45, 7) is 7.88. The first-order valence-electron chi connectivity index (χ1n) is 14.9. The Morgan fingerprint density at radius 1 is 1.10 bits per heavy atom. The van der Waals surface area contributed by atoms with E-state index in [0.29, 0.717) is 30.6 Å². The standard InChI is InChI=1S/C30H47N3O6/c1-5-6-7-24(28(37)38)32-27(36)18(2)31-26(35)17-39-33-20-12-14-29(3)19(16-20)8-9-21-22-10-11-25(34)30(22,4)15-13-23(21)29/h16,18,21-25,34H,5-15,17H2,1-4H3,(H,31,35)(H,32,36)(H,37,38)/b33-20+/t18-,21+,22+,23+,24+,25+,29-,30-/m0/s1. The van der Waals surface area contributed by atoms with Crippen molar-refractivity contribution in [2.24, 2.45) is 33.7 Å². The topological polar surface area (TPSA) is 137 Å². The molecule has 0 aromatic rings. The molecular weight excluding hydrogens is 498 g/mol. The summed E-state index contributed by atoms with van der Waals surface area (Å²) < 4.78 is 0. The first-order chi connectivity index (χ1) is 18.5. The first-order valence-corrected chi connectivity index (χ1v) is 14.9. The zero-order valence-corrected chi connectivity index (χ0v) is 24.0. The van der Waals surface area contributed by atoms with Crippen LogP contribution in [0.15, 0.2) is 16.8 Å². The SMILES string of the molecule is CCCC[C@@H](NC(=O)[C@H](C)NC(=O)CO/N=C1/C=C2CC[C@@H]3[C@H]4CC[C@@H](O)[C@@]4(C)CC[C@H]3[C@@]2(C)CC1)C(=O)O. The van der Waals surface area contributed by atoms with Crippen LogP contribution in [0.4, 0.5) is 0 Å². The average molecular weight is 546 g/mol. The molecule has 9 heteroatoms. The van der Waals surface area contributed by atoms with Gasteiger partial charge in [0.15, 0.2) is 6.61 Å². The van der Waals surface area contributed by atoms with Crippen LogP contribution < -0.4 is 10.6 Å². The average Bonchev–Trinajstić information content (AvgIpc) is 3.20. The smallest absolute Gasteiger partial charge is 0.326 e. The maximum Gasteiger partial charge on any atom is 0.326 e. The van der Waals surface area contributed by atoms with Crippen LogP contribution in [0.25, 0.3) is 0 Å². The van der Waals surface area contributed by atoms with E-state index in [-0.39, 0.29) is 23.5 Å². The van der Waals surface area contributed by atoms with Crippen LogP contribution in [-0.4, -0.2) is 58.5 Å². The monoisotopic (exact) mass is 545 g/mol. The molecule has 0 spiro atoms. The number of rotatable bonds is 10. The van der Waals surface area contributed by atoms with E-state index in [2.05, 4.69) is 35.7 Å². The fourth-order valence-corrected chi connectivity index (χ4v) is 8.10. The van der Waals surface area contributed by atoms with Gasteiger partial charge in [-0.3, -0.25) is 9.59 Å². The zero-order chi connectivity index (χ0) is 28.4. The van der Waals surface area contributed by atoms with E-state index in [1.807, 2.05) is 6.92 Å². The lowest BCUT2D eigenvalue weighted by molar-refractivity contribution is -0.142. The molecule has 4 aliphatic rings. The van der Waals surface area contributed by atoms with E-state index in [1.54, 1.807) is 0 Å². The van der Waals surface area contributed by atoms with Gasteiger partial charge < -0.3 is 25.7 Å². The predicted octanol–water partition coefficient (Wildman–Crippen LogP) is 3.95. The zero-order valence-electron chi connectivity index (χ0n) is 24.0. The van der Waals surface area contributed by atoms with E-state index in [1.165, 1.54) is 18.9 Å². The number of fused-ring (bicyclic) bond motifs is 5. The summed E-state index contributed by atoms with van der Waals surface area (Å²) in [5.74, 6) is -0.166. The lowest BCUT2D eigenvalue weighted by Crippen LogP contribution is -2.51. The predicted molar refractivity (Wildman–Crippen MR) is 148 cm³/mol. The summed E-state index contributed by atoms with van der Waals surface area (Å²) in [7, 11) is 0. The molecule has 0 heterocycles. The minimum Gasteiger partial charge on any atom is -0.480 e. The Labute approximate surface area is 232 Å². The number of carbonyl (C=O) groups excluding carboxylic acids is 2. The van der Waals surface area contributed by atoms with Crippen molar-refractivity contribution in [2.75, 3.05) is 6.61 Å². The van der Waals surface area contributed by atoms with Crippen molar-refractivity contribution in [3.05, 3.63) is 11.6 Å². The van der Waals surface area contributed by atoms with Gasteiger partial charge in [-0.25, -0.2) is 4.79 Å². The number of aliphatic hydroxyl groups excluding tert-OH is 1. The molecule has 218 valence electrons. The third-order valence-electron chi connectivity index (χ3n) is 10.5. The van der Waals surface area contributed by atoms with Crippen LogP contribution in [0.5, 0.6) is 0 Å². The normalized spacial score (nSPS) is 36.0. The highest BCUT2D eigenvalue weighted by molar-refractivity contribution is 5.96. The first kappa shape index (κ1) is 29.6. The number of amides is 2. The lowest BCUT2D eigenvalue weighted by Gasteiger charge is -2.57. The molecule has 0 saturated heterocycles. The van der Waals surface area contributed by atoms with Gasteiger partial charge in [0.05, 0.1) is 11.8 Å². The quantitative estimate of drug-likeness (QED) is 0.307. The molecule has 0 aliphatic heterocycles. The summed E-state index contributed by atoms with van der Waals surface area (Å²) in [6.07, 6.45) is 12.3. The van der Waals surface area contributed by atoms with Gasteiger partial charge in [0, 0.05) is 0 Å². The summed E-state index contributed by atoms with van der Waals surface area (Å²) in [5, 5.41) is 29.3. The molecule has 3 fully saturated rings. The van der Waals surface area contributed by atoms with Crippen LogP contribution in [0.2, 0.25) is 0 Å². The number of hydrogen-bond acceptors (Lipinski definition) is 6. The van der Waals surface area contributed by atoms with Crippen molar-refractivity contribution >= 4 is 23.5 Å². The third-order valence-corrected chi connectivity index (χ3v) is 10.5. The molecule has 4 aliphatic carbocycles. The Bertz CT molecular complexity index is 1010. The Hall–Kier alpha value is -2.42. The molecule has 0 unspecified atom stereocenters. The summed E-state index contributed by atoms with van der Waals surface area (Å²) in [6, 6.07) is -1.86. The molecule has 2 amide bonds. The van der Waals surface area contributed by atoms with Crippen LogP contribution in [0.1, 0.15) is 98.3 Å². The van der Waals surface area contributed by atoms with Gasteiger partial charge in [0.2, 0.25) is 5.91 Å². The minimum absolute atomic E-state index is 0.0830. The van der Waals surface area contributed by atoms with Crippen LogP contribution in [0.3, 0.4) is 0 Å². The highest BCUT2D eigenvalue weighted by atomic mass is 16.6. The lowest BCUT2D eigenvalue weighted by atomic mass is 9.47. The summed E-state index contributed by atoms with van der Waals surface area (Å²) >= 11 is 0. The number of oxime groups is 1. The maximum atomic E-state index is 12.4. The number of unbranched alkanes of at least 4 members (excludes halogenated alkanes) is 1. The number of hydrogen-bond donors (Lipinski definition) is 4. The van der Waals surface area contributed by atoms with Gasteiger partial charge in [-0.2, -0.15) is 0 Å². The van der Waals surface area contributed by atoms with Crippen molar-refractivity contribution in [3.8, 4) is 0 Å². The van der Waals surface area contributed by atoms with E-state index in [0.717, 1.165) is 57.1 Å². The third kappa shape index (κ3) is 6.03. The Balaban J connectivity index is 1.28. The van der Waals surface area contributed by atoms with E-state index >= 15 is 0 Å². The van der Waals surface area contributed by atoms with Crippen molar-refractivity contribution < 1.29 is 29.4 Å². The maximum absolute atomic E-state index is 12.4. The van der Waals surface area contributed by atoms with Crippen LogP contribution >= 0.6 is 0 Å². The number of aliphatic hydroxyl groups is 1. The van der Waals surface area contributed by atoms with Crippen molar-refractivity contribution in [1.82, 2.24) is 10.6 Å². The molecule has 0 radical (unpaired) electrons. The fourth-order valence-electron chi connectivity index (χ4n) is 8.10. The van der Waals surface area contributed by atoms with Gasteiger partial charge in [-0.05, 0) is 99.4 Å². The highest BCUT2D eigenvalue weighted by Gasteiger charge is 2.58. The second kappa shape index (κ2) is 12.0. The molecule has 0 bridgehead atoms. The number of carbonyl (C=O) groups is 3. The molecule has 9 nitrogen and oxygen atoms in total. The van der Waals surface area contributed by atoms with E-state index in [4.69, 9.17) is 4.84 Å². The second-order valence-corrected chi connectivity index (χ2v) is 12.8. The molecule has 4 N–H and O–H groups in total. The molecular formula is C30H47N3O6. The largest absolute Gasteiger partial charge is 0.480 e. The molecule has 8 atom stereocenters. The van der Waals surface area contributed by atoms with Gasteiger partial charge in [0.25, 0.3) is 5.91 Å². The number of carboxylic acids is 1. The second-order valence-electron chi connectivity index (χ2n) is 12.8. The van der Waals surface area contributed by atoms with Gasteiger partial charge in [-0.1, -0.05) is 44.3 Å². The van der Waals surface area contributed by atoms with Gasteiger partial charge in [0.1, 0.15) is 12.1 Å². The van der Waals surface area contributed by atoms with E-state index < -0.39 is 29.9 Å². The van der Waals surface area contributed by atoms with Gasteiger partial charge >= 0.3 is 5.97 Å². The number of carboxylic acid groups (broad SMARTS) is 1. The number of nitrogens with one attached hydrogen (secondary N) is 2. The number of aliphatic carboxylic acids is 1. The van der Waals surface area contributed by atoms with Crippen molar-refractivity contribution in [1.29, 1.82) is 0 Å². The minimum atomic E-state index is -1.08. The van der Waals surface area contributed by atoms with Crippen molar-refractivity contribution in [3.63, 3.8) is 0 Å². The molecule has 39 heavy (non-hydrogen) atoms. The fraction of sp³-hybridized carbons (Fsp3) is 0.800. The Morgan fingerprint density at radius 2 is 1.87 bits per heavy atom. The van der Waals surface area contributed by atoms with E-state index in [9.17, 15) is 24.6 Å². The van der Waals surface area contributed by atoms with Gasteiger partial charge in [-0.15, -0.1) is 0 Å². The molecule has 3 saturated carbocycles. The molecule has 4 rings (SSSR count). The Morgan fingerprint density at radius 3 is 2.59 bits per heavy atom. The number of allylic oxidation sites excluding steroid dienone is 2. The van der Waals surface area contributed by atoms with Crippen LogP contribution in [0, 0.1) is 28.6 Å². The highest BCUT2D eigenvalue weighted by Crippen LogP contribution is 2.65. The Kier molecular flexibility index (Phi) is 9.08. The summed E-state index contributed by atoms with van der Waals surface area (Å²) in [5.41, 5.74) is 2.52.